The average Bonchev–Trinajstić information content (AvgIpc) is 2.08. The molecular weight excluding hydrogens is 188 g/mol. The zero-order valence-electron chi connectivity index (χ0n) is 9.72. The Morgan fingerprint density at radius 2 is 1.93 bits per heavy atom. The molecule has 0 atom stereocenters. The van der Waals surface area contributed by atoms with Crippen LogP contribution in [0.5, 0.6) is 0 Å². The lowest BCUT2D eigenvalue weighted by Crippen LogP contribution is -2.34. The van der Waals surface area contributed by atoms with Crippen molar-refractivity contribution in [1.82, 2.24) is 5.32 Å². The van der Waals surface area contributed by atoms with Gasteiger partial charge in [-0.15, -0.1) is 0 Å². The zero-order valence-corrected chi connectivity index (χ0v) is 9.72. The number of rotatable bonds is 2. The summed E-state index contributed by atoms with van der Waals surface area (Å²) in [6.45, 7) is 7.88. The van der Waals surface area contributed by atoms with Gasteiger partial charge in [-0.1, -0.05) is 17.7 Å². The third kappa shape index (κ3) is 3.62. The molecule has 0 radical (unpaired) electrons. The van der Waals surface area contributed by atoms with Gasteiger partial charge in [0.2, 0.25) is 0 Å². The molecule has 0 spiro atoms. The predicted octanol–water partition coefficient (Wildman–Crippen LogP) is 2.83. The quantitative estimate of drug-likeness (QED) is 0.767. The highest BCUT2D eigenvalue weighted by Gasteiger charge is 2.04. The van der Waals surface area contributed by atoms with Gasteiger partial charge in [-0.2, -0.15) is 0 Å². The Labute approximate surface area is 90.9 Å². The fourth-order valence-corrected chi connectivity index (χ4v) is 1.37. The number of aryl methyl sites for hydroxylation is 2. The van der Waals surface area contributed by atoms with E-state index in [4.69, 9.17) is 0 Å². The summed E-state index contributed by atoms with van der Waals surface area (Å²) in [4.78, 5) is 11.4. The summed E-state index contributed by atoms with van der Waals surface area (Å²) in [6, 6.07) is 5.95. The summed E-state index contributed by atoms with van der Waals surface area (Å²) in [7, 11) is 0. The van der Waals surface area contributed by atoms with Crippen molar-refractivity contribution in [2.75, 3.05) is 5.32 Å². The molecule has 1 rings (SSSR count). The number of nitrogens with one attached hydrogen (secondary N) is 2. The van der Waals surface area contributed by atoms with Crippen LogP contribution in [0.25, 0.3) is 0 Å². The van der Waals surface area contributed by atoms with Crippen LogP contribution in [0, 0.1) is 13.8 Å². The van der Waals surface area contributed by atoms with Crippen molar-refractivity contribution < 1.29 is 4.79 Å². The first-order chi connectivity index (χ1) is 6.99. The largest absolute Gasteiger partial charge is 0.336 e. The number of amides is 2. The van der Waals surface area contributed by atoms with Gasteiger partial charge in [-0.05, 0) is 39.3 Å². The van der Waals surface area contributed by atoms with E-state index in [0.29, 0.717) is 0 Å². The normalized spacial score (nSPS) is 10.2. The van der Waals surface area contributed by atoms with Gasteiger partial charge in [0.1, 0.15) is 0 Å². The van der Waals surface area contributed by atoms with Crippen LogP contribution in [0.3, 0.4) is 0 Å². The summed E-state index contributed by atoms with van der Waals surface area (Å²) in [5, 5.41) is 5.60. The molecule has 2 amide bonds. The molecule has 3 heteroatoms. The number of hydrogen-bond donors (Lipinski definition) is 2. The Balaban J connectivity index is 2.68. The minimum atomic E-state index is -0.156. The summed E-state index contributed by atoms with van der Waals surface area (Å²) >= 11 is 0. The van der Waals surface area contributed by atoms with Gasteiger partial charge < -0.3 is 10.6 Å². The van der Waals surface area contributed by atoms with Gasteiger partial charge in [0.05, 0.1) is 0 Å². The second kappa shape index (κ2) is 4.82. The molecule has 0 aliphatic heterocycles. The van der Waals surface area contributed by atoms with E-state index < -0.39 is 0 Å². The highest BCUT2D eigenvalue weighted by Crippen LogP contribution is 2.15. The first kappa shape index (κ1) is 11.6. The highest BCUT2D eigenvalue weighted by atomic mass is 16.2. The standard InChI is InChI=1S/C12H18N2O/c1-8(2)13-12(15)14-11-6-5-9(3)7-10(11)4/h5-8H,1-4H3,(H2,13,14,15). The van der Waals surface area contributed by atoms with E-state index in [2.05, 4.69) is 10.6 Å². The van der Waals surface area contributed by atoms with Crippen LogP contribution < -0.4 is 10.6 Å². The van der Waals surface area contributed by atoms with Gasteiger partial charge in [0.15, 0.2) is 0 Å². The maximum absolute atomic E-state index is 11.4. The van der Waals surface area contributed by atoms with Crippen LogP contribution in [0.1, 0.15) is 25.0 Å². The SMILES string of the molecule is Cc1ccc(NC(=O)NC(C)C)c(C)c1. The van der Waals surface area contributed by atoms with E-state index in [0.717, 1.165) is 11.3 Å². The number of hydrogen-bond acceptors (Lipinski definition) is 1. The third-order valence-corrected chi connectivity index (χ3v) is 2.05. The van der Waals surface area contributed by atoms with Crippen molar-refractivity contribution in [2.24, 2.45) is 0 Å². The van der Waals surface area contributed by atoms with Crippen LogP contribution in [0.2, 0.25) is 0 Å². The van der Waals surface area contributed by atoms with E-state index >= 15 is 0 Å². The van der Waals surface area contributed by atoms with Crippen molar-refractivity contribution in [1.29, 1.82) is 0 Å². The summed E-state index contributed by atoms with van der Waals surface area (Å²) in [5.74, 6) is 0. The minimum absolute atomic E-state index is 0.149. The molecule has 0 saturated carbocycles. The second-order valence-corrected chi connectivity index (χ2v) is 4.07. The summed E-state index contributed by atoms with van der Waals surface area (Å²) in [5.41, 5.74) is 3.13. The molecule has 0 bridgehead atoms. The van der Waals surface area contributed by atoms with Gasteiger partial charge in [-0.25, -0.2) is 4.79 Å². The molecular formula is C12H18N2O. The van der Waals surface area contributed by atoms with Crippen molar-refractivity contribution in [3.63, 3.8) is 0 Å². The average molecular weight is 206 g/mol. The number of anilines is 1. The first-order valence-corrected chi connectivity index (χ1v) is 5.14. The van der Waals surface area contributed by atoms with Gasteiger partial charge in [0.25, 0.3) is 0 Å². The molecule has 3 nitrogen and oxygen atoms in total. The van der Waals surface area contributed by atoms with Crippen LogP contribution in [-0.4, -0.2) is 12.1 Å². The van der Waals surface area contributed by atoms with E-state index in [-0.39, 0.29) is 12.1 Å². The monoisotopic (exact) mass is 206 g/mol. The van der Waals surface area contributed by atoms with Gasteiger partial charge in [0, 0.05) is 11.7 Å². The smallest absolute Gasteiger partial charge is 0.319 e. The van der Waals surface area contributed by atoms with Crippen LogP contribution in [-0.2, 0) is 0 Å². The minimum Gasteiger partial charge on any atom is -0.336 e. The van der Waals surface area contributed by atoms with Crippen molar-refractivity contribution in [3.05, 3.63) is 29.3 Å². The van der Waals surface area contributed by atoms with E-state index in [1.54, 1.807) is 0 Å². The van der Waals surface area contributed by atoms with E-state index in [1.807, 2.05) is 45.9 Å². The van der Waals surface area contributed by atoms with E-state index in [1.165, 1.54) is 5.56 Å². The fourth-order valence-electron chi connectivity index (χ4n) is 1.37. The number of carbonyl (C=O) groups excluding carboxylic acids is 1. The Bertz CT molecular complexity index is 359. The first-order valence-electron chi connectivity index (χ1n) is 5.14. The van der Waals surface area contributed by atoms with Crippen molar-refractivity contribution in [2.45, 2.75) is 33.7 Å². The second-order valence-electron chi connectivity index (χ2n) is 4.07. The maximum Gasteiger partial charge on any atom is 0.319 e. The lowest BCUT2D eigenvalue weighted by atomic mass is 10.1. The molecule has 2 N–H and O–H groups in total. The molecule has 1 aromatic carbocycles. The Morgan fingerprint density at radius 1 is 1.27 bits per heavy atom. The highest BCUT2D eigenvalue weighted by molar-refractivity contribution is 5.90. The molecule has 0 heterocycles. The molecule has 0 fully saturated rings. The molecule has 0 aliphatic carbocycles. The third-order valence-electron chi connectivity index (χ3n) is 2.05. The summed E-state index contributed by atoms with van der Waals surface area (Å²) < 4.78 is 0. The summed E-state index contributed by atoms with van der Waals surface area (Å²) in [6.07, 6.45) is 0. The lowest BCUT2D eigenvalue weighted by molar-refractivity contribution is 0.250. The zero-order chi connectivity index (χ0) is 11.4. The van der Waals surface area contributed by atoms with Crippen molar-refractivity contribution in [3.8, 4) is 0 Å². The van der Waals surface area contributed by atoms with Gasteiger partial charge in [-0.3, -0.25) is 0 Å². The number of benzene rings is 1. The molecule has 82 valence electrons. The Hall–Kier alpha value is -1.51. The topological polar surface area (TPSA) is 41.1 Å². The molecule has 0 aromatic heterocycles. The van der Waals surface area contributed by atoms with Crippen molar-refractivity contribution >= 4 is 11.7 Å². The van der Waals surface area contributed by atoms with Crippen LogP contribution in [0.4, 0.5) is 10.5 Å². The predicted molar refractivity (Wildman–Crippen MR) is 63.2 cm³/mol. The molecule has 1 aromatic rings. The molecule has 15 heavy (non-hydrogen) atoms. The fraction of sp³-hybridized carbons (Fsp3) is 0.417. The molecule has 0 unspecified atom stereocenters. The number of urea groups is 1. The lowest BCUT2D eigenvalue weighted by Gasteiger charge is -2.12. The molecule has 0 saturated heterocycles. The van der Waals surface area contributed by atoms with E-state index in [9.17, 15) is 4.79 Å². The number of carbonyl (C=O) groups is 1. The Kier molecular flexibility index (Phi) is 3.72. The Morgan fingerprint density at radius 3 is 2.47 bits per heavy atom. The molecule has 0 aliphatic rings. The van der Waals surface area contributed by atoms with Crippen LogP contribution >= 0.6 is 0 Å². The van der Waals surface area contributed by atoms with Crippen LogP contribution in [0.15, 0.2) is 18.2 Å². The van der Waals surface area contributed by atoms with Gasteiger partial charge >= 0.3 is 6.03 Å². The maximum atomic E-state index is 11.4.